The minimum absolute atomic E-state index is 0.199. The summed E-state index contributed by atoms with van der Waals surface area (Å²) in [4.78, 5) is 51.4. The van der Waals surface area contributed by atoms with Gasteiger partial charge in [0.2, 0.25) is 0 Å². The Morgan fingerprint density at radius 1 is 0.312 bits per heavy atom. The Balaban J connectivity index is 0.944. The van der Waals surface area contributed by atoms with Crippen LogP contribution < -0.4 is 0 Å². The maximum atomic E-state index is 16.3. The molecule has 3 amide bonds. The number of carbonyl (C=O) groups is 3. The average molecular weight is 997 g/mol. The minimum Gasteiger partial charge on any atom is -0.369 e. The number of aliphatic hydroxyl groups excluding tert-OH is 1. The zero-order valence-electron chi connectivity index (χ0n) is 41.7. The summed E-state index contributed by atoms with van der Waals surface area (Å²) in [7, 11) is 0. The molecule has 0 spiro atoms. The number of imide groups is 1. The van der Waals surface area contributed by atoms with Crippen LogP contribution in [0.1, 0.15) is 56.7 Å². The summed E-state index contributed by atoms with van der Waals surface area (Å²) in [6.07, 6.45) is -1.63. The number of aliphatic hydroxyl groups is 1. The molecular weight excluding hydrogens is 953 g/mol. The molecule has 0 radical (unpaired) electrons. The van der Waals surface area contributed by atoms with Gasteiger partial charge in [0.15, 0.2) is 6.23 Å². The molecule has 2 aliphatic rings. The van der Waals surface area contributed by atoms with E-state index in [1.165, 1.54) is 9.80 Å². The van der Waals surface area contributed by atoms with Crippen LogP contribution in [-0.2, 0) is 0 Å². The quantitative estimate of drug-likeness (QED) is 0.168. The Labute approximate surface area is 439 Å². The summed E-state index contributed by atoms with van der Waals surface area (Å²) < 4.78 is 8.35. The predicted molar refractivity (Wildman–Crippen MR) is 306 cm³/mol. The number of nitrogens with zero attached hydrogens (tertiary/aromatic N) is 6. The second kappa shape index (κ2) is 15.5. The Kier molecular flexibility index (Phi) is 8.74. The van der Waals surface area contributed by atoms with E-state index < -0.39 is 29.6 Å². The van der Waals surface area contributed by atoms with Crippen molar-refractivity contribution in [1.29, 1.82) is 0 Å². The fourth-order valence-electron chi connectivity index (χ4n) is 13.4. The average Bonchev–Trinajstić information content (AvgIpc) is 4.19. The lowest BCUT2D eigenvalue weighted by Crippen LogP contribution is -2.60. The van der Waals surface area contributed by atoms with Crippen molar-refractivity contribution in [3.8, 4) is 22.7 Å². The predicted octanol–water partition coefficient (Wildman–Crippen LogP) is 14.6. The highest BCUT2D eigenvalue weighted by molar-refractivity contribution is 6.27. The minimum atomic E-state index is -1.78. The number of aromatic nitrogens is 4. The van der Waals surface area contributed by atoms with Gasteiger partial charge in [-0.3, -0.25) is 24.2 Å². The molecule has 0 bridgehead atoms. The number of rotatable bonds is 6. The first-order chi connectivity index (χ1) is 37.7. The zero-order chi connectivity index (χ0) is 51.6. The third-order valence-electron chi connectivity index (χ3n) is 16.6. The summed E-state index contributed by atoms with van der Waals surface area (Å²) in [5.41, 5.74) is 8.51. The Hall–Kier alpha value is -10.0. The molecule has 2 aliphatic heterocycles. The van der Waals surface area contributed by atoms with E-state index in [0.29, 0.717) is 28.3 Å². The molecule has 1 atom stereocenters. The third-order valence-corrected chi connectivity index (χ3v) is 16.6. The van der Waals surface area contributed by atoms with Crippen LogP contribution in [-0.4, -0.2) is 56.6 Å². The molecule has 10 nitrogen and oxygen atoms in total. The number of amides is 3. The van der Waals surface area contributed by atoms with E-state index >= 15 is 14.4 Å². The molecular formula is C67H44N6O4. The lowest BCUT2D eigenvalue weighted by atomic mass is 10.0. The third kappa shape index (κ3) is 5.58. The van der Waals surface area contributed by atoms with Gasteiger partial charge in [-0.05, 0) is 86.6 Å². The second-order valence-corrected chi connectivity index (χ2v) is 20.7. The van der Waals surface area contributed by atoms with Gasteiger partial charge < -0.3 is 23.4 Å². The molecule has 14 aromatic rings. The van der Waals surface area contributed by atoms with Gasteiger partial charge in [-0.15, -0.1) is 0 Å². The summed E-state index contributed by atoms with van der Waals surface area (Å²) in [5, 5.41) is 21.5. The van der Waals surface area contributed by atoms with E-state index in [9.17, 15) is 5.11 Å². The van der Waals surface area contributed by atoms with Crippen molar-refractivity contribution in [3.63, 3.8) is 0 Å². The molecule has 0 saturated heterocycles. The molecule has 77 heavy (non-hydrogen) atoms. The van der Waals surface area contributed by atoms with Crippen LogP contribution in [0.15, 0.2) is 218 Å². The Morgan fingerprint density at radius 2 is 0.545 bits per heavy atom. The Morgan fingerprint density at radius 3 is 0.831 bits per heavy atom. The van der Waals surface area contributed by atoms with Crippen LogP contribution >= 0.6 is 0 Å². The van der Waals surface area contributed by atoms with Crippen molar-refractivity contribution in [3.05, 3.63) is 241 Å². The standard InChI is InChI=1S/C67H44N6O4/c1-67(2,72-63(74)59-55(68-47-27-11-3-19-39(47)40-20-4-12-28-48(40)68)35-36-56(60(59)64(72)75)69-49-29-13-5-21-41(49)42-22-6-14-30-50(42)69)73-65(76)61-57(70-51-31-15-7-23-43(51)44-24-8-16-32-52(44)70)37-38-58(62(61)66(73)77)71-53-33-17-9-25-45(53)46-26-10-18-34-54(46)71/h3-38,63,74H,1-2H3. The van der Waals surface area contributed by atoms with Gasteiger partial charge in [-0.25, -0.2) is 0 Å². The summed E-state index contributed by atoms with van der Waals surface area (Å²) in [6.45, 7) is 3.39. The van der Waals surface area contributed by atoms with Gasteiger partial charge in [-0.1, -0.05) is 146 Å². The van der Waals surface area contributed by atoms with Gasteiger partial charge >= 0.3 is 0 Å². The van der Waals surface area contributed by atoms with Gasteiger partial charge in [0.1, 0.15) is 5.66 Å². The monoisotopic (exact) mass is 996 g/mol. The first-order valence-electron chi connectivity index (χ1n) is 25.9. The highest BCUT2D eigenvalue weighted by atomic mass is 16.3. The summed E-state index contributed by atoms with van der Waals surface area (Å²) in [5.74, 6) is -1.70. The van der Waals surface area contributed by atoms with Crippen molar-refractivity contribution in [2.24, 2.45) is 0 Å². The van der Waals surface area contributed by atoms with Crippen molar-refractivity contribution >= 4 is 105 Å². The van der Waals surface area contributed by atoms with Crippen LogP contribution in [0.5, 0.6) is 0 Å². The van der Waals surface area contributed by atoms with Gasteiger partial charge in [0.05, 0.1) is 83.6 Å². The van der Waals surface area contributed by atoms with E-state index in [0.717, 1.165) is 87.2 Å². The number of benzene rings is 10. The SMILES string of the molecule is CC(C)(N1C(=O)c2c(-n3c4ccccc4c4ccccc43)ccc(-n3c4ccccc4c4ccccc43)c2C1=O)N1C(=O)c2c(-n3c4ccccc4c4ccccc43)ccc(-n3c4ccccc4c4ccccc43)c2C1O. The van der Waals surface area contributed by atoms with Crippen LogP contribution in [0.4, 0.5) is 0 Å². The molecule has 6 heterocycles. The zero-order valence-corrected chi connectivity index (χ0v) is 41.7. The molecule has 1 N–H and O–H groups in total. The largest absolute Gasteiger partial charge is 0.369 e. The van der Waals surface area contributed by atoms with E-state index in [2.05, 4.69) is 78.9 Å². The van der Waals surface area contributed by atoms with E-state index in [-0.39, 0.29) is 16.7 Å². The van der Waals surface area contributed by atoms with Crippen LogP contribution in [0.2, 0.25) is 0 Å². The number of hydrogen-bond acceptors (Lipinski definition) is 4. The number of hydrogen-bond donors (Lipinski definition) is 1. The molecule has 0 aliphatic carbocycles. The molecule has 10 aromatic carbocycles. The maximum absolute atomic E-state index is 16.3. The topological polar surface area (TPSA) is 97.6 Å². The highest BCUT2D eigenvalue weighted by Crippen LogP contribution is 2.50. The molecule has 16 rings (SSSR count). The lowest BCUT2D eigenvalue weighted by molar-refractivity contribution is -0.0695. The number of para-hydroxylation sites is 8. The first-order valence-corrected chi connectivity index (χ1v) is 25.9. The van der Waals surface area contributed by atoms with Crippen molar-refractivity contribution in [1.82, 2.24) is 28.1 Å². The van der Waals surface area contributed by atoms with Crippen molar-refractivity contribution in [2.45, 2.75) is 25.7 Å². The van der Waals surface area contributed by atoms with E-state index in [1.807, 2.05) is 158 Å². The maximum Gasteiger partial charge on any atom is 0.265 e. The van der Waals surface area contributed by atoms with E-state index in [1.54, 1.807) is 13.8 Å². The smallest absolute Gasteiger partial charge is 0.265 e. The fraction of sp³-hybridized carbons (Fsp3) is 0.0597. The van der Waals surface area contributed by atoms with Crippen molar-refractivity contribution in [2.75, 3.05) is 0 Å². The fourth-order valence-corrected chi connectivity index (χ4v) is 13.4. The summed E-state index contributed by atoms with van der Waals surface area (Å²) >= 11 is 0. The molecule has 4 aromatic heterocycles. The lowest BCUT2D eigenvalue weighted by Gasteiger charge is -2.43. The summed E-state index contributed by atoms with van der Waals surface area (Å²) in [6, 6.07) is 72.7. The van der Waals surface area contributed by atoms with Crippen LogP contribution in [0, 0.1) is 0 Å². The Bertz CT molecular complexity index is 4610. The van der Waals surface area contributed by atoms with Crippen LogP contribution in [0.3, 0.4) is 0 Å². The van der Waals surface area contributed by atoms with Crippen LogP contribution in [0.25, 0.3) is 110 Å². The number of carbonyl (C=O) groups excluding carboxylic acids is 3. The molecule has 0 saturated carbocycles. The second-order valence-electron chi connectivity index (χ2n) is 20.7. The number of fused-ring (bicyclic) bond motifs is 14. The van der Waals surface area contributed by atoms with Gasteiger partial charge in [0, 0.05) is 48.7 Å². The molecule has 10 heteroatoms. The highest BCUT2D eigenvalue weighted by Gasteiger charge is 2.56. The normalized spacial score (nSPS) is 14.8. The van der Waals surface area contributed by atoms with Crippen molar-refractivity contribution < 1.29 is 19.5 Å². The molecule has 1 unspecified atom stereocenters. The van der Waals surface area contributed by atoms with E-state index in [4.69, 9.17) is 0 Å². The van der Waals surface area contributed by atoms with Gasteiger partial charge in [-0.2, -0.15) is 0 Å². The van der Waals surface area contributed by atoms with Gasteiger partial charge in [0.25, 0.3) is 17.7 Å². The molecule has 0 fully saturated rings. The first kappa shape index (κ1) is 43.4. The molecule has 366 valence electrons.